The smallest absolute Gasteiger partial charge is 0.240 e. The van der Waals surface area contributed by atoms with Crippen LogP contribution in [-0.2, 0) is 16.0 Å². The Hall–Kier alpha value is -1.84. The van der Waals surface area contributed by atoms with Crippen LogP contribution in [0.2, 0.25) is 0 Å². The average molecular weight is 246 g/mol. The number of hydrogen-bond acceptors (Lipinski definition) is 2. The summed E-state index contributed by atoms with van der Waals surface area (Å²) in [6.07, 6.45) is 0.484. The quantitative estimate of drug-likeness (QED) is 0.804. The zero-order chi connectivity index (χ0) is 13.3. The van der Waals surface area contributed by atoms with E-state index >= 15 is 0 Å². The molecule has 18 heavy (non-hydrogen) atoms. The fourth-order valence-electron chi connectivity index (χ4n) is 2.32. The predicted octanol–water partition coefficient (Wildman–Crippen LogP) is 0.951. The van der Waals surface area contributed by atoms with Crippen LogP contribution >= 0.6 is 0 Å². The van der Waals surface area contributed by atoms with Crippen LogP contribution in [0.15, 0.2) is 30.3 Å². The highest BCUT2D eigenvalue weighted by Crippen LogP contribution is 2.33. The second-order valence-corrected chi connectivity index (χ2v) is 5.42. The van der Waals surface area contributed by atoms with Gasteiger partial charge in [0.05, 0.1) is 5.41 Å². The van der Waals surface area contributed by atoms with Gasteiger partial charge in [-0.2, -0.15) is 0 Å². The summed E-state index contributed by atoms with van der Waals surface area (Å²) >= 11 is 0. The van der Waals surface area contributed by atoms with E-state index in [2.05, 4.69) is 0 Å². The highest BCUT2D eigenvalue weighted by molar-refractivity contribution is 5.93. The molecule has 4 nitrogen and oxygen atoms in total. The molecule has 2 amide bonds. The summed E-state index contributed by atoms with van der Waals surface area (Å²) in [6, 6.07) is 9.08. The Morgan fingerprint density at radius 1 is 1.39 bits per heavy atom. The fraction of sp³-hybridized carbons (Fsp3) is 0.429. The van der Waals surface area contributed by atoms with Crippen LogP contribution in [0.3, 0.4) is 0 Å². The third kappa shape index (κ3) is 2.23. The Bertz CT molecular complexity index is 468. The number of primary amides is 1. The number of β-lactam (4-membered cyclic amide) rings is 1. The van der Waals surface area contributed by atoms with E-state index in [9.17, 15) is 9.59 Å². The molecule has 1 aliphatic rings. The molecule has 1 aromatic rings. The molecule has 0 bridgehead atoms. The second kappa shape index (κ2) is 4.44. The molecule has 0 aliphatic carbocycles. The van der Waals surface area contributed by atoms with Gasteiger partial charge in [-0.05, 0) is 19.4 Å². The molecule has 1 fully saturated rings. The summed E-state index contributed by atoms with van der Waals surface area (Å²) in [7, 11) is 0. The Morgan fingerprint density at radius 3 is 2.44 bits per heavy atom. The van der Waals surface area contributed by atoms with E-state index in [1.54, 1.807) is 4.90 Å². The first-order chi connectivity index (χ1) is 8.42. The summed E-state index contributed by atoms with van der Waals surface area (Å²) in [6.45, 7) is 4.35. The lowest BCUT2D eigenvalue weighted by atomic mass is 9.81. The Morgan fingerprint density at radius 2 is 2.00 bits per heavy atom. The maximum Gasteiger partial charge on any atom is 0.240 e. The lowest BCUT2D eigenvalue weighted by Crippen LogP contribution is -2.65. The van der Waals surface area contributed by atoms with Crippen LogP contribution in [0.25, 0.3) is 0 Å². The molecular formula is C14H18N2O2. The molecule has 2 N–H and O–H groups in total. The zero-order valence-electron chi connectivity index (χ0n) is 10.7. The van der Waals surface area contributed by atoms with Gasteiger partial charge in [-0.15, -0.1) is 0 Å². The van der Waals surface area contributed by atoms with Crippen LogP contribution in [0.5, 0.6) is 0 Å². The molecule has 1 heterocycles. The van der Waals surface area contributed by atoms with Gasteiger partial charge in [0.1, 0.15) is 6.04 Å². The van der Waals surface area contributed by atoms with E-state index in [0.29, 0.717) is 13.0 Å². The van der Waals surface area contributed by atoms with Crippen LogP contribution in [0.1, 0.15) is 19.4 Å². The van der Waals surface area contributed by atoms with Crippen molar-refractivity contribution in [3.05, 3.63) is 35.9 Å². The second-order valence-electron chi connectivity index (χ2n) is 5.42. The van der Waals surface area contributed by atoms with Crippen molar-refractivity contribution in [2.45, 2.75) is 26.3 Å². The van der Waals surface area contributed by atoms with Crippen molar-refractivity contribution in [2.24, 2.45) is 11.1 Å². The number of carbonyl (C=O) groups is 2. The number of nitrogens with zero attached hydrogens (tertiary/aromatic N) is 1. The normalized spacial score (nSPS) is 19.2. The first-order valence-electron chi connectivity index (χ1n) is 6.06. The maximum absolute atomic E-state index is 11.9. The van der Waals surface area contributed by atoms with Crippen LogP contribution < -0.4 is 5.73 Å². The Labute approximate surface area is 107 Å². The number of rotatable bonds is 4. The first kappa shape index (κ1) is 12.6. The summed E-state index contributed by atoms with van der Waals surface area (Å²) < 4.78 is 0. The molecule has 0 radical (unpaired) electrons. The highest BCUT2D eigenvalue weighted by atomic mass is 16.2. The van der Waals surface area contributed by atoms with Gasteiger partial charge in [-0.3, -0.25) is 9.59 Å². The van der Waals surface area contributed by atoms with E-state index in [-0.39, 0.29) is 11.3 Å². The molecular weight excluding hydrogens is 228 g/mol. The molecule has 0 aromatic heterocycles. The molecule has 0 saturated carbocycles. The fourth-order valence-corrected chi connectivity index (χ4v) is 2.32. The van der Waals surface area contributed by atoms with Crippen molar-refractivity contribution in [3.8, 4) is 0 Å². The topological polar surface area (TPSA) is 63.4 Å². The lowest BCUT2D eigenvalue weighted by molar-refractivity contribution is -0.163. The van der Waals surface area contributed by atoms with Gasteiger partial charge in [0.25, 0.3) is 0 Å². The summed E-state index contributed by atoms with van der Waals surface area (Å²) in [5.74, 6) is -0.440. The minimum atomic E-state index is -0.534. The van der Waals surface area contributed by atoms with Crippen LogP contribution in [0, 0.1) is 5.41 Å². The molecule has 96 valence electrons. The number of nitrogens with two attached hydrogens (primary N) is 1. The average Bonchev–Trinajstić information content (AvgIpc) is 2.34. The minimum Gasteiger partial charge on any atom is -0.368 e. The van der Waals surface area contributed by atoms with Crippen molar-refractivity contribution in [1.82, 2.24) is 4.90 Å². The van der Waals surface area contributed by atoms with Crippen molar-refractivity contribution in [2.75, 3.05) is 6.54 Å². The molecule has 4 heteroatoms. The van der Waals surface area contributed by atoms with Crippen molar-refractivity contribution in [3.63, 3.8) is 0 Å². The maximum atomic E-state index is 11.9. The highest BCUT2D eigenvalue weighted by Gasteiger charge is 2.48. The summed E-state index contributed by atoms with van der Waals surface area (Å²) in [5, 5.41) is 0. The molecule has 1 atom stereocenters. The molecule has 1 aromatic carbocycles. The standard InChI is InChI=1S/C14H18N2O2/c1-14(2)9-16(13(14)18)11(12(15)17)8-10-6-4-3-5-7-10/h3-7,11H,8-9H2,1-2H3,(H2,15,17)/t11-/m0/s1. The summed E-state index contributed by atoms with van der Waals surface area (Å²) in [4.78, 5) is 25.0. The van der Waals surface area contributed by atoms with Crippen molar-refractivity contribution < 1.29 is 9.59 Å². The molecule has 0 spiro atoms. The molecule has 0 unspecified atom stereocenters. The SMILES string of the molecule is CC1(C)CN([C@@H](Cc2ccccc2)C(N)=O)C1=O. The number of carbonyl (C=O) groups excluding carboxylic acids is 2. The van der Waals surface area contributed by atoms with Crippen molar-refractivity contribution >= 4 is 11.8 Å². The minimum absolute atomic E-state index is 0.00207. The van der Waals surface area contributed by atoms with Crippen LogP contribution in [0.4, 0.5) is 0 Å². The number of hydrogen-bond donors (Lipinski definition) is 1. The third-order valence-electron chi connectivity index (χ3n) is 3.38. The van der Waals surface area contributed by atoms with Gasteiger partial charge in [-0.1, -0.05) is 30.3 Å². The van der Waals surface area contributed by atoms with Crippen molar-refractivity contribution in [1.29, 1.82) is 0 Å². The van der Waals surface area contributed by atoms with E-state index in [0.717, 1.165) is 5.56 Å². The van der Waals surface area contributed by atoms with Crippen LogP contribution in [-0.4, -0.2) is 29.3 Å². The van der Waals surface area contributed by atoms with E-state index in [1.807, 2.05) is 44.2 Å². The predicted molar refractivity (Wildman–Crippen MR) is 68.6 cm³/mol. The van der Waals surface area contributed by atoms with Gasteiger partial charge < -0.3 is 10.6 Å². The summed E-state index contributed by atoms with van der Waals surface area (Å²) in [5.41, 5.74) is 6.07. The zero-order valence-corrected chi connectivity index (χ0v) is 10.7. The molecule has 2 rings (SSSR count). The largest absolute Gasteiger partial charge is 0.368 e. The number of amides is 2. The monoisotopic (exact) mass is 246 g/mol. The molecule has 1 aliphatic heterocycles. The molecule has 1 saturated heterocycles. The number of likely N-dealkylation sites (tertiary alicyclic amines) is 1. The first-order valence-corrected chi connectivity index (χ1v) is 6.06. The third-order valence-corrected chi connectivity index (χ3v) is 3.38. The van der Waals surface area contributed by atoms with Gasteiger partial charge in [0.15, 0.2) is 0 Å². The lowest BCUT2D eigenvalue weighted by Gasteiger charge is -2.47. The van der Waals surface area contributed by atoms with Gasteiger partial charge in [-0.25, -0.2) is 0 Å². The Balaban J connectivity index is 2.12. The van der Waals surface area contributed by atoms with Gasteiger partial charge >= 0.3 is 0 Å². The van der Waals surface area contributed by atoms with Gasteiger partial charge in [0.2, 0.25) is 11.8 Å². The van der Waals surface area contributed by atoms with E-state index < -0.39 is 11.9 Å². The van der Waals surface area contributed by atoms with Gasteiger partial charge in [0, 0.05) is 13.0 Å². The van der Waals surface area contributed by atoms with E-state index in [4.69, 9.17) is 5.73 Å². The Kier molecular flexibility index (Phi) is 3.11. The number of benzene rings is 1. The van der Waals surface area contributed by atoms with E-state index in [1.165, 1.54) is 0 Å².